The number of nitrogens with zero attached hydrogens (tertiary/aromatic N) is 2. The van der Waals surface area contributed by atoms with Crippen LogP contribution in [0.3, 0.4) is 0 Å². The molecule has 1 aliphatic carbocycles. The number of carbonyl (C=O) groups excluding carboxylic acids is 1. The summed E-state index contributed by atoms with van der Waals surface area (Å²) in [4.78, 5) is 17.9. The molecule has 0 unspecified atom stereocenters. The van der Waals surface area contributed by atoms with Crippen LogP contribution >= 0.6 is 0 Å². The lowest BCUT2D eigenvalue weighted by Crippen LogP contribution is -2.48. The molecule has 3 rings (SSSR count). The Bertz CT molecular complexity index is 480. The van der Waals surface area contributed by atoms with E-state index >= 15 is 0 Å². The second-order valence-electron chi connectivity index (χ2n) is 5.38. The Morgan fingerprint density at radius 1 is 1.37 bits per heavy atom. The van der Waals surface area contributed by atoms with Crippen LogP contribution in [0.15, 0.2) is 18.5 Å². The monoisotopic (exact) mass is 263 g/mol. The fraction of sp³-hybridized carbons (Fsp3) is 0.571. The van der Waals surface area contributed by atoms with E-state index in [-0.39, 0.29) is 11.7 Å². The predicted octanol–water partition coefficient (Wildman–Crippen LogP) is 3.02. The number of piperidine rings is 1. The maximum atomic E-state index is 13.5. The Morgan fingerprint density at radius 3 is 3.05 bits per heavy atom. The van der Waals surface area contributed by atoms with E-state index in [0.717, 1.165) is 25.6 Å². The van der Waals surface area contributed by atoms with Gasteiger partial charge in [-0.15, -0.1) is 0 Å². The summed E-state index contributed by atoms with van der Waals surface area (Å²) in [5.74, 6) is 0.151. The highest BCUT2D eigenvalue weighted by Gasteiger charge is 2.37. The molecule has 2 aliphatic rings. The third-order valence-electron chi connectivity index (χ3n) is 4.27. The lowest BCUT2D eigenvalue weighted by Gasteiger charge is -2.37. The maximum Gasteiger partial charge on any atom is 0.322 e. The van der Waals surface area contributed by atoms with E-state index in [9.17, 15) is 9.18 Å². The van der Waals surface area contributed by atoms with Crippen molar-refractivity contribution in [2.45, 2.75) is 38.1 Å². The van der Waals surface area contributed by atoms with Gasteiger partial charge in [-0.25, -0.2) is 9.18 Å². The second-order valence-corrected chi connectivity index (χ2v) is 5.38. The first-order valence-corrected chi connectivity index (χ1v) is 6.93. The summed E-state index contributed by atoms with van der Waals surface area (Å²) in [5, 5.41) is 2.66. The number of pyridine rings is 1. The van der Waals surface area contributed by atoms with Crippen LogP contribution in [0.2, 0.25) is 0 Å². The lowest BCUT2D eigenvalue weighted by atomic mass is 9.92. The van der Waals surface area contributed by atoms with Gasteiger partial charge in [0.1, 0.15) is 0 Å². The fourth-order valence-corrected chi connectivity index (χ4v) is 3.37. The summed E-state index contributed by atoms with van der Waals surface area (Å²) in [6.45, 7) is 0.777. The van der Waals surface area contributed by atoms with Crippen LogP contribution in [0, 0.1) is 11.7 Å². The highest BCUT2D eigenvalue weighted by Crippen LogP contribution is 2.36. The van der Waals surface area contributed by atoms with Crippen molar-refractivity contribution in [3.05, 3.63) is 24.3 Å². The Morgan fingerprint density at radius 2 is 2.21 bits per heavy atom. The number of hydrogen-bond acceptors (Lipinski definition) is 2. The van der Waals surface area contributed by atoms with E-state index < -0.39 is 5.82 Å². The minimum Gasteiger partial charge on any atom is -0.321 e. The van der Waals surface area contributed by atoms with Crippen molar-refractivity contribution in [2.75, 3.05) is 11.9 Å². The van der Waals surface area contributed by atoms with Gasteiger partial charge >= 0.3 is 6.03 Å². The first kappa shape index (κ1) is 12.4. The number of anilines is 1. The number of halogens is 1. The maximum absolute atomic E-state index is 13.5. The molecule has 1 aliphatic heterocycles. The molecular formula is C14H18FN3O. The van der Waals surface area contributed by atoms with Crippen molar-refractivity contribution >= 4 is 11.7 Å². The van der Waals surface area contributed by atoms with Gasteiger partial charge in [-0.05, 0) is 37.7 Å². The number of likely N-dealkylation sites (tertiary alicyclic amines) is 1. The molecule has 1 aromatic rings. The van der Waals surface area contributed by atoms with Gasteiger partial charge in [-0.3, -0.25) is 4.98 Å². The molecule has 0 bridgehead atoms. The summed E-state index contributed by atoms with van der Waals surface area (Å²) in [6.07, 6.45) is 8.36. The first-order valence-electron chi connectivity index (χ1n) is 6.93. The molecule has 5 heteroatoms. The minimum absolute atomic E-state index is 0.179. The van der Waals surface area contributed by atoms with Crippen LogP contribution < -0.4 is 5.32 Å². The van der Waals surface area contributed by atoms with E-state index in [1.54, 1.807) is 0 Å². The molecule has 2 fully saturated rings. The van der Waals surface area contributed by atoms with E-state index in [1.165, 1.54) is 31.5 Å². The lowest BCUT2D eigenvalue weighted by molar-refractivity contribution is 0.138. The topological polar surface area (TPSA) is 45.2 Å². The van der Waals surface area contributed by atoms with Crippen molar-refractivity contribution in [3.8, 4) is 0 Å². The van der Waals surface area contributed by atoms with Crippen LogP contribution in [0.5, 0.6) is 0 Å². The van der Waals surface area contributed by atoms with Crippen molar-refractivity contribution in [2.24, 2.45) is 5.92 Å². The van der Waals surface area contributed by atoms with E-state index in [2.05, 4.69) is 10.3 Å². The number of nitrogens with one attached hydrogen (secondary N) is 1. The smallest absolute Gasteiger partial charge is 0.321 e. The number of rotatable bonds is 1. The molecule has 1 saturated heterocycles. The molecule has 0 aromatic carbocycles. The van der Waals surface area contributed by atoms with Gasteiger partial charge in [-0.2, -0.15) is 0 Å². The average Bonchev–Trinajstić information content (AvgIpc) is 2.89. The molecule has 2 heterocycles. The number of amides is 2. The summed E-state index contributed by atoms with van der Waals surface area (Å²) in [7, 11) is 0. The largest absolute Gasteiger partial charge is 0.322 e. The third-order valence-corrected chi connectivity index (χ3v) is 4.27. The molecule has 4 nitrogen and oxygen atoms in total. The number of hydrogen-bond donors (Lipinski definition) is 1. The fourth-order valence-electron chi connectivity index (χ4n) is 3.37. The molecule has 0 spiro atoms. The summed E-state index contributed by atoms with van der Waals surface area (Å²) >= 11 is 0. The number of carbonyl (C=O) groups is 1. The molecule has 2 atom stereocenters. The van der Waals surface area contributed by atoms with Crippen molar-refractivity contribution in [3.63, 3.8) is 0 Å². The zero-order chi connectivity index (χ0) is 13.2. The second kappa shape index (κ2) is 5.15. The number of aromatic nitrogens is 1. The average molecular weight is 263 g/mol. The summed E-state index contributed by atoms with van der Waals surface area (Å²) in [6, 6.07) is 1.66. The highest BCUT2D eigenvalue weighted by atomic mass is 19.1. The molecule has 1 aromatic heterocycles. The first-order chi connectivity index (χ1) is 9.25. The summed E-state index contributed by atoms with van der Waals surface area (Å²) < 4.78 is 13.5. The van der Waals surface area contributed by atoms with Gasteiger partial charge < -0.3 is 10.2 Å². The van der Waals surface area contributed by atoms with Gasteiger partial charge in [-0.1, -0.05) is 6.42 Å². The summed E-state index contributed by atoms with van der Waals surface area (Å²) in [5.41, 5.74) is 0.208. The molecule has 2 amide bonds. The minimum atomic E-state index is -0.490. The van der Waals surface area contributed by atoms with Gasteiger partial charge in [0.05, 0.1) is 11.9 Å². The Hall–Kier alpha value is -1.65. The van der Waals surface area contributed by atoms with Crippen molar-refractivity contribution in [1.29, 1.82) is 0 Å². The SMILES string of the molecule is O=C(Nc1ccncc1F)N1CCC[C@H]2CCC[C@H]21. The third kappa shape index (κ3) is 2.41. The van der Waals surface area contributed by atoms with Crippen LogP contribution in [0.4, 0.5) is 14.9 Å². The number of fused-ring (bicyclic) bond motifs is 1. The molecule has 0 radical (unpaired) electrons. The van der Waals surface area contributed by atoms with E-state index in [1.807, 2.05) is 4.90 Å². The highest BCUT2D eigenvalue weighted by molar-refractivity contribution is 5.89. The molecule has 102 valence electrons. The zero-order valence-electron chi connectivity index (χ0n) is 10.8. The van der Waals surface area contributed by atoms with Gasteiger partial charge in [0, 0.05) is 18.8 Å². The van der Waals surface area contributed by atoms with Crippen LogP contribution in [0.25, 0.3) is 0 Å². The Balaban J connectivity index is 1.71. The van der Waals surface area contributed by atoms with Crippen molar-refractivity contribution in [1.82, 2.24) is 9.88 Å². The van der Waals surface area contributed by atoms with E-state index in [0.29, 0.717) is 12.0 Å². The van der Waals surface area contributed by atoms with Crippen LogP contribution in [0.1, 0.15) is 32.1 Å². The van der Waals surface area contributed by atoms with Gasteiger partial charge in [0.25, 0.3) is 0 Å². The van der Waals surface area contributed by atoms with E-state index in [4.69, 9.17) is 0 Å². The quantitative estimate of drug-likeness (QED) is 0.846. The van der Waals surface area contributed by atoms with Gasteiger partial charge in [0.2, 0.25) is 0 Å². The molecule has 19 heavy (non-hydrogen) atoms. The molecule has 1 saturated carbocycles. The predicted molar refractivity (Wildman–Crippen MR) is 70.3 cm³/mol. The molecule has 1 N–H and O–H groups in total. The standard InChI is InChI=1S/C14H18FN3O/c15-11-9-16-7-6-12(11)17-14(19)18-8-2-4-10-3-1-5-13(10)18/h6-7,9-10,13H,1-5,8H2,(H,16,17,19)/t10-,13-/m1/s1. The normalized spacial score (nSPS) is 26.1. The van der Waals surface area contributed by atoms with Crippen LogP contribution in [-0.4, -0.2) is 28.5 Å². The Labute approximate surface area is 112 Å². The zero-order valence-corrected chi connectivity index (χ0v) is 10.8. The van der Waals surface area contributed by atoms with Gasteiger partial charge in [0.15, 0.2) is 5.82 Å². The van der Waals surface area contributed by atoms with Crippen LogP contribution in [-0.2, 0) is 0 Å². The van der Waals surface area contributed by atoms with Crippen molar-refractivity contribution < 1.29 is 9.18 Å². The molecular weight excluding hydrogens is 245 g/mol. The number of urea groups is 1. The Kier molecular flexibility index (Phi) is 3.36.